The highest BCUT2D eigenvalue weighted by Gasteiger charge is 2.65. The molecule has 1 amide bonds. The molecule has 0 bridgehead atoms. The van der Waals surface area contributed by atoms with E-state index in [2.05, 4.69) is 13.8 Å². The molecule has 2 saturated carbocycles. The number of hydrogen-bond acceptors (Lipinski definition) is 4. The SMILES string of the molecule is CCOC1CC(N(C)C(=O)C2(N)CC(OCC)C2(C)C)C1(C)C.Cl. The van der Waals surface area contributed by atoms with E-state index in [1.54, 1.807) is 0 Å². The van der Waals surface area contributed by atoms with Gasteiger partial charge in [-0.25, -0.2) is 0 Å². The molecule has 2 fully saturated rings. The van der Waals surface area contributed by atoms with Gasteiger partial charge in [0.15, 0.2) is 0 Å². The molecule has 2 rings (SSSR count). The van der Waals surface area contributed by atoms with Crippen LogP contribution in [0.1, 0.15) is 54.4 Å². The van der Waals surface area contributed by atoms with Gasteiger partial charge >= 0.3 is 0 Å². The van der Waals surface area contributed by atoms with Crippen molar-refractivity contribution in [1.82, 2.24) is 4.90 Å². The Labute approximate surface area is 153 Å². The normalized spacial score (nSPS) is 36.1. The highest BCUT2D eigenvalue weighted by Crippen LogP contribution is 2.52. The second-order valence-corrected chi connectivity index (χ2v) is 8.27. The molecule has 5 nitrogen and oxygen atoms in total. The number of amides is 1. The molecule has 2 N–H and O–H groups in total. The van der Waals surface area contributed by atoms with Gasteiger partial charge in [0.25, 0.3) is 0 Å². The fourth-order valence-electron chi connectivity index (χ4n) is 4.26. The lowest BCUT2D eigenvalue weighted by molar-refractivity contribution is -0.194. The maximum atomic E-state index is 13.1. The average Bonchev–Trinajstić information content (AvgIpc) is 2.49. The lowest BCUT2D eigenvalue weighted by Crippen LogP contribution is -2.77. The van der Waals surface area contributed by atoms with Gasteiger partial charge in [0, 0.05) is 43.6 Å². The van der Waals surface area contributed by atoms with Crippen molar-refractivity contribution in [2.24, 2.45) is 16.6 Å². The van der Waals surface area contributed by atoms with Gasteiger partial charge in [-0.2, -0.15) is 0 Å². The maximum Gasteiger partial charge on any atom is 0.243 e. The second kappa shape index (κ2) is 7.10. The molecule has 0 aliphatic heterocycles. The number of halogens is 1. The number of carbonyl (C=O) groups is 1. The standard InChI is InChI=1S/C18H34N2O3.ClH/c1-8-22-13-10-12(16(13,3)4)20(7)15(21)18(19)11-14(23-9-2)17(18,5)6;/h12-14H,8-11,19H2,1-7H3;1H. The molecule has 0 spiro atoms. The van der Waals surface area contributed by atoms with Gasteiger partial charge in [0.1, 0.15) is 5.54 Å². The topological polar surface area (TPSA) is 64.8 Å². The molecule has 0 aromatic rings. The lowest BCUT2D eigenvalue weighted by Gasteiger charge is -2.61. The Kier molecular flexibility index (Phi) is 6.42. The maximum absolute atomic E-state index is 13.1. The molecule has 24 heavy (non-hydrogen) atoms. The Balaban J connectivity index is 0.00000288. The van der Waals surface area contributed by atoms with Gasteiger partial charge in [-0.05, 0) is 20.3 Å². The highest BCUT2D eigenvalue weighted by atomic mass is 35.5. The third kappa shape index (κ3) is 2.98. The van der Waals surface area contributed by atoms with Crippen molar-refractivity contribution in [3.8, 4) is 0 Å². The Bertz CT molecular complexity index is 469. The van der Waals surface area contributed by atoms with E-state index >= 15 is 0 Å². The van der Waals surface area contributed by atoms with Crippen molar-refractivity contribution in [3.05, 3.63) is 0 Å². The fraction of sp³-hybridized carbons (Fsp3) is 0.944. The lowest BCUT2D eigenvalue weighted by atomic mass is 9.53. The predicted octanol–water partition coefficient (Wildman–Crippen LogP) is 2.60. The summed E-state index contributed by atoms with van der Waals surface area (Å²) < 4.78 is 11.5. The zero-order valence-corrected chi connectivity index (χ0v) is 17.0. The van der Waals surface area contributed by atoms with E-state index in [0.717, 1.165) is 6.42 Å². The van der Waals surface area contributed by atoms with E-state index in [4.69, 9.17) is 15.2 Å². The number of likely N-dealkylation sites (N-methyl/N-ethyl adjacent to an activating group) is 1. The third-order valence-corrected chi connectivity index (χ3v) is 6.49. The second-order valence-electron chi connectivity index (χ2n) is 8.27. The molecular weight excluding hydrogens is 328 g/mol. The van der Waals surface area contributed by atoms with Crippen LogP contribution in [0.3, 0.4) is 0 Å². The van der Waals surface area contributed by atoms with Gasteiger partial charge in [-0.3, -0.25) is 4.79 Å². The number of nitrogens with zero attached hydrogens (tertiary/aromatic N) is 1. The molecule has 0 heterocycles. The smallest absolute Gasteiger partial charge is 0.243 e. The average molecular weight is 363 g/mol. The Morgan fingerprint density at radius 1 is 1.12 bits per heavy atom. The number of carbonyl (C=O) groups excluding carboxylic acids is 1. The Morgan fingerprint density at radius 3 is 2.04 bits per heavy atom. The molecule has 0 aromatic carbocycles. The van der Waals surface area contributed by atoms with E-state index in [-0.39, 0.29) is 47.4 Å². The number of rotatable bonds is 6. The first-order valence-corrected chi connectivity index (χ1v) is 8.83. The first-order valence-electron chi connectivity index (χ1n) is 8.83. The van der Waals surface area contributed by atoms with Crippen LogP contribution in [-0.2, 0) is 14.3 Å². The van der Waals surface area contributed by atoms with Gasteiger partial charge in [-0.1, -0.05) is 27.7 Å². The zero-order valence-electron chi connectivity index (χ0n) is 16.2. The van der Waals surface area contributed by atoms with Gasteiger partial charge in [0.2, 0.25) is 5.91 Å². The van der Waals surface area contributed by atoms with Crippen LogP contribution in [0.2, 0.25) is 0 Å². The van der Waals surface area contributed by atoms with Crippen molar-refractivity contribution in [2.75, 3.05) is 20.3 Å². The van der Waals surface area contributed by atoms with Crippen molar-refractivity contribution >= 4 is 18.3 Å². The zero-order chi connectivity index (χ0) is 17.6. The molecular formula is C18H35ClN2O3. The third-order valence-electron chi connectivity index (χ3n) is 6.49. The van der Waals surface area contributed by atoms with Gasteiger partial charge in [-0.15, -0.1) is 12.4 Å². The first-order chi connectivity index (χ1) is 10.5. The Hall–Kier alpha value is -0.360. The van der Waals surface area contributed by atoms with Crippen molar-refractivity contribution < 1.29 is 14.3 Å². The van der Waals surface area contributed by atoms with E-state index < -0.39 is 5.54 Å². The number of hydrogen-bond donors (Lipinski definition) is 1. The molecule has 0 radical (unpaired) electrons. The Morgan fingerprint density at radius 2 is 1.62 bits per heavy atom. The van der Waals surface area contributed by atoms with Crippen LogP contribution in [0.4, 0.5) is 0 Å². The monoisotopic (exact) mass is 362 g/mol. The van der Waals surface area contributed by atoms with Crippen LogP contribution in [0.5, 0.6) is 0 Å². The summed E-state index contributed by atoms with van der Waals surface area (Å²) in [5.41, 5.74) is 5.32. The quantitative estimate of drug-likeness (QED) is 0.788. The summed E-state index contributed by atoms with van der Waals surface area (Å²) in [6.07, 6.45) is 1.75. The fourth-order valence-corrected chi connectivity index (χ4v) is 4.26. The van der Waals surface area contributed by atoms with Gasteiger partial charge in [0.05, 0.1) is 12.2 Å². The molecule has 142 valence electrons. The molecule has 0 saturated heterocycles. The molecule has 0 aromatic heterocycles. The number of nitrogens with two attached hydrogens (primary N) is 1. The van der Waals surface area contributed by atoms with Crippen LogP contribution < -0.4 is 5.73 Å². The number of ether oxygens (including phenoxy) is 2. The summed E-state index contributed by atoms with van der Waals surface area (Å²) in [5.74, 6) is 0.0338. The molecule has 4 atom stereocenters. The van der Waals surface area contributed by atoms with Crippen LogP contribution in [-0.4, -0.2) is 54.9 Å². The predicted molar refractivity (Wildman–Crippen MR) is 98.3 cm³/mol. The summed E-state index contributed by atoms with van der Waals surface area (Å²) in [6, 6.07) is 0.175. The summed E-state index contributed by atoms with van der Waals surface area (Å²) >= 11 is 0. The molecule has 2 aliphatic rings. The van der Waals surface area contributed by atoms with Crippen molar-refractivity contribution in [1.29, 1.82) is 0 Å². The van der Waals surface area contributed by atoms with E-state index in [9.17, 15) is 4.79 Å². The largest absolute Gasteiger partial charge is 0.378 e. The van der Waals surface area contributed by atoms with Crippen LogP contribution in [0.25, 0.3) is 0 Å². The van der Waals surface area contributed by atoms with E-state index in [1.165, 1.54) is 0 Å². The molecule has 6 heteroatoms. The van der Waals surface area contributed by atoms with Crippen LogP contribution >= 0.6 is 12.4 Å². The minimum absolute atomic E-state index is 0. The summed E-state index contributed by atoms with van der Waals surface area (Å²) in [7, 11) is 1.88. The minimum Gasteiger partial charge on any atom is -0.378 e. The molecule has 4 unspecified atom stereocenters. The van der Waals surface area contributed by atoms with E-state index in [0.29, 0.717) is 19.6 Å². The van der Waals surface area contributed by atoms with E-state index in [1.807, 2.05) is 39.6 Å². The molecule has 2 aliphatic carbocycles. The van der Waals surface area contributed by atoms with Crippen LogP contribution in [0, 0.1) is 10.8 Å². The summed E-state index contributed by atoms with van der Waals surface area (Å²) in [5, 5.41) is 0. The minimum atomic E-state index is -0.839. The van der Waals surface area contributed by atoms with Crippen LogP contribution in [0.15, 0.2) is 0 Å². The van der Waals surface area contributed by atoms with Crippen molar-refractivity contribution in [3.63, 3.8) is 0 Å². The van der Waals surface area contributed by atoms with Crippen molar-refractivity contribution in [2.45, 2.75) is 78.2 Å². The van der Waals surface area contributed by atoms with Gasteiger partial charge < -0.3 is 20.1 Å². The summed E-state index contributed by atoms with van der Waals surface area (Å²) in [4.78, 5) is 15.0. The summed E-state index contributed by atoms with van der Waals surface area (Å²) in [6.45, 7) is 13.8. The highest BCUT2D eigenvalue weighted by molar-refractivity contribution is 5.89. The first kappa shape index (κ1) is 21.7.